The van der Waals surface area contributed by atoms with E-state index < -0.39 is 84.8 Å². The summed E-state index contributed by atoms with van der Waals surface area (Å²) in [5.41, 5.74) is -1.16. The summed E-state index contributed by atoms with van der Waals surface area (Å²) in [6, 6.07) is 4.39. The fourth-order valence-electron chi connectivity index (χ4n) is 4.98. The molecule has 0 aliphatic carbocycles. The fraction of sp³-hybridized carbons (Fsp3) is 0.480. The molecule has 2 amide bonds. The number of amides is 2. The molecule has 3 aromatic rings. The largest absolute Gasteiger partial charge is 0.394 e. The Morgan fingerprint density at radius 3 is 2.41 bits per heavy atom. The van der Waals surface area contributed by atoms with Crippen molar-refractivity contribution in [3.05, 3.63) is 63.2 Å². The van der Waals surface area contributed by atoms with E-state index in [2.05, 4.69) is 25.9 Å². The summed E-state index contributed by atoms with van der Waals surface area (Å²) in [5.74, 6) is -1.18. The van der Waals surface area contributed by atoms with Gasteiger partial charge in [0, 0.05) is 25.7 Å². The number of aliphatic hydroxyl groups excluding tert-OH is 5. The Bertz CT molecular complexity index is 1630. The van der Waals surface area contributed by atoms with Crippen molar-refractivity contribution in [1.82, 2.24) is 40.2 Å². The number of hydrogen-bond acceptors (Lipinski definition) is 14. The highest BCUT2D eigenvalue weighted by atomic mass is 16.6. The second kappa shape index (κ2) is 12.7. The van der Waals surface area contributed by atoms with Crippen LogP contribution in [0.2, 0.25) is 0 Å². The van der Waals surface area contributed by atoms with E-state index in [0.29, 0.717) is 0 Å². The van der Waals surface area contributed by atoms with Crippen LogP contribution in [0.1, 0.15) is 29.9 Å². The average Bonchev–Trinajstić information content (AvgIpc) is 3.59. The number of ether oxygens (including phenoxy) is 2. The number of nitrogens with one attached hydrogen (secondary N) is 3. The summed E-state index contributed by atoms with van der Waals surface area (Å²) in [6.45, 7) is 0.336. The van der Waals surface area contributed by atoms with Crippen LogP contribution in [0.15, 0.2) is 46.2 Å². The van der Waals surface area contributed by atoms with E-state index in [1.807, 2.05) is 4.98 Å². The number of pyridine rings is 1. The third kappa shape index (κ3) is 6.15. The van der Waals surface area contributed by atoms with Crippen LogP contribution in [0.25, 0.3) is 11.4 Å². The lowest BCUT2D eigenvalue weighted by molar-refractivity contribution is -0.219. The number of rotatable bonds is 8. The van der Waals surface area contributed by atoms with Crippen molar-refractivity contribution >= 4 is 11.8 Å². The minimum absolute atomic E-state index is 0.0533. The molecule has 0 unspecified atom stereocenters. The van der Waals surface area contributed by atoms with Gasteiger partial charge in [-0.3, -0.25) is 23.9 Å². The number of aromatic amines is 1. The average molecular weight is 619 g/mol. The normalized spacial score (nSPS) is 30.2. The van der Waals surface area contributed by atoms with Crippen LogP contribution in [0.4, 0.5) is 0 Å². The third-order valence-corrected chi connectivity index (χ3v) is 7.21. The quantitative estimate of drug-likeness (QED) is 0.118. The molecule has 236 valence electrons. The number of nitrogens with zero attached hydrogens (tertiary/aromatic N) is 5. The van der Waals surface area contributed by atoms with Gasteiger partial charge in [-0.05, 0) is 12.1 Å². The number of hydrogen-bond donors (Lipinski definition) is 8. The summed E-state index contributed by atoms with van der Waals surface area (Å²) in [5, 5.41) is 64.3. The highest BCUT2D eigenvalue weighted by molar-refractivity contribution is 5.92. The summed E-state index contributed by atoms with van der Waals surface area (Å²) >= 11 is 0. The van der Waals surface area contributed by atoms with E-state index in [9.17, 15) is 44.7 Å². The Morgan fingerprint density at radius 2 is 1.70 bits per heavy atom. The van der Waals surface area contributed by atoms with Gasteiger partial charge in [0.15, 0.2) is 12.5 Å². The molecule has 9 atom stereocenters. The van der Waals surface area contributed by atoms with E-state index in [1.165, 1.54) is 29.9 Å². The first-order chi connectivity index (χ1) is 21.0. The van der Waals surface area contributed by atoms with E-state index in [4.69, 9.17) is 9.47 Å². The fourth-order valence-corrected chi connectivity index (χ4v) is 4.98. The minimum Gasteiger partial charge on any atom is -0.394 e. The maximum atomic E-state index is 12.9. The van der Waals surface area contributed by atoms with Crippen molar-refractivity contribution in [3.8, 4) is 11.4 Å². The van der Waals surface area contributed by atoms with Gasteiger partial charge in [0.05, 0.1) is 18.5 Å². The topological polar surface area (TPSA) is 276 Å². The van der Waals surface area contributed by atoms with Gasteiger partial charge in [-0.25, -0.2) is 14.5 Å². The van der Waals surface area contributed by atoms with Crippen LogP contribution in [-0.4, -0.2) is 123 Å². The number of aromatic nitrogens is 6. The van der Waals surface area contributed by atoms with Gasteiger partial charge in [0.25, 0.3) is 11.5 Å². The SMILES string of the molecule is CC(=O)N[C@@H]1[C@@H](O)[C@H](O)[C@@H](CO)O[C@H]1n1cc(-c2cccc(C(=O)NC[C@H]3O[C@@H](n4ccc(=O)[nH]c4=O)[C@H](O)[C@@H]3O)n2)nn1. The van der Waals surface area contributed by atoms with Crippen LogP contribution in [0, 0.1) is 0 Å². The Balaban J connectivity index is 1.27. The molecular weight excluding hydrogens is 588 g/mol. The molecule has 0 aromatic carbocycles. The molecule has 8 N–H and O–H groups in total. The Labute approximate surface area is 246 Å². The maximum Gasteiger partial charge on any atom is 0.330 e. The number of H-pyrrole nitrogens is 1. The Morgan fingerprint density at radius 1 is 0.977 bits per heavy atom. The van der Waals surface area contributed by atoms with Gasteiger partial charge in [-0.1, -0.05) is 11.3 Å². The molecule has 0 saturated carbocycles. The molecular formula is C25H30N8O11. The second-order valence-corrected chi connectivity index (χ2v) is 10.2. The second-order valence-electron chi connectivity index (χ2n) is 10.2. The molecule has 5 rings (SSSR count). The van der Waals surface area contributed by atoms with E-state index in [-0.39, 0.29) is 23.6 Å². The van der Waals surface area contributed by atoms with Gasteiger partial charge in [0.1, 0.15) is 54.1 Å². The third-order valence-electron chi connectivity index (χ3n) is 7.21. The Kier molecular flexibility index (Phi) is 8.97. The van der Waals surface area contributed by atoms with Crippen molar-refractivity contribution in [1.29, 1.82) is 0 Å². The zero-order valence-corrected chi connectivity index (χ0v) is 23.0. The molecule has 0 bridgehead atoms. The molecule has 0 radical (unpaired) electrons. The molecule has 19 heteroatoms. The summed E-state index contributed by atoms with van der Waals surface area (Å²) < 4.78 is 13.4. The summed E-state index contributed by atoms with van der Waals surface area (Å²) in [6.07, 6.45) is -8.23. The first-order valence-electron chi connectivity index (χ1n) is 13.4. The lowest BCUT2D eigenvalue weighted by atomic mass is 9.96. The standard InChI is InChI=1S/C25H30N8O11/c1-10(35)27-17-20(39)19(38)15(9-34)44-23(17)33-8-13(30-31-33)11-3-2-4-12(28-11)22(41)26-7-14-18(37)21(40)24(43-14)32-6-5-16(36)29-25(32)42/h2-6,8,14-15,17-21,23-24,34,37-40H,7,9H2,1H3,(H,26,41)(H,27,35)(H,29,36,42)/t14-,15-,17-,18-,19-,20-,21-,23-,24-/m1/s1. The van der Waals surface area contributed by atoms with Crippen molar-refractivity contribution < 1.29 is 44.6 Å². The molecule has 2 aliphatic heterocycles. The van der Waals surface area contributed by atoms with E-state index in [0.717, 1.165) is 16.8 Å². The zero-order valence-electron chi connectivity index (χ0n) is 23.0. The number of aliphatic hydroxyl groups is 5. The minimum atomic E-state index is -1.53. The van der Waals surface area contributed by atoms with Crippen molar-refractivity contribution in [2.75, 3.05) is 13.2 Å². The van der Waals surface area contributed by atoms with Crippen LogP contribution >= 0.6 is 0 Å². The number of carbonyl (C=O) groups excluding carboxylic acids is 2. The maximum absolute atomic E-state index is 12.9. The van der Waals surface area contributed by atoms with Crippen LogP contribution < -0.4 is 21.9 Å². The molecule has 2 saturated heterocycles. The molecule has 19 nitrogen and oxygen atoms in total. The van der Waals surface area contributed by atoms with Crippen LogP contribution in [0.5, 0.6) is 0 Å². The van der Waals surface area contributed by atoms with Crippen LogP contribution in [-0.2, 0) is 14.3 Å². The number of carbonyl (C=O) groups is 2. The molecule has 0 spiro atoms. The smallest absolute Gasteiger partial charge is 0.330 e. The van der Waals surface area contributed by atoms with Gasteiger partial charge in [-0.2, -0.15) is 0 Å². The van der Waals surface area contributed by atoms with Crippen molar-refractivity contribution in [2.45, 2.75) is 62.0 Å². The van der Waals surface area contributed by atoms with Gasteiger partial charge in [-0.15, -0.1) is 5.10 Å². The first-order valence-corrected chi connectivity index (χ1v) is 13.4. The van der Waals surface area contributed by atoms with E-state index in [1.54, 1.807) is 6.07 Å². The predicted octanol–water partition coefficient (Wildman–Crippen LogP) is -4.64. The predicted molar refractivity (Wildman–Crippen MR) is 143 cm³/mol. The zero-order chi connectivity index (χ0) is 31.7. The highest BCUT2D eigenvalue weighted by Gasteiger charge is 2.46. The van der Waals surface area contributed by atoms with Crippen molar-refractivity contribution in [2.24, 2.45) is 0 Å². The summed E-state index contributed by atoms with van der Waals surface area (Å²) in [4.78, 5) is 54.4. The van der Waals surface area contributed by atoms with Crippen molar-refractivity contribution in [3.63, 3.8) is 0 Å². The molecule has 2 aliphatic rings. The molecule has 5 heterocycles. The lowest BCUT2D eigenvalue weighted by Crippen LogP contribution is -2.62. The lowest BCUT2D eigenvalue weighted by Gasteiger charge is -2.42. The molecule has 44 heavy (non-hydrogen) atoms. The van der Waals surface area contributed by atoms with Gasteiger partial charge >= 0.3 is 5.69 Å². The highest BCUT2D eigenvalue weighted by Crippen LogP contribution is 2.30. The van der Waals surface area contributed by atoms with Gasteiger partial charge in [0.2, 0.25) is 5.91 Å². The van der Waals surface area contributed by atoms with Gasteiger partial charge < -0.3 is 45.6 Å². The first kappa shape index (κ1) is 31.1. The summed E-state index contributed by atoms with van der Waals surface area (Å²) in [7, 11) is 0. The van der Waals surface area contributed by atoms with Crippen LogP contribution in [0.3, 0.4) is 0 Å². The monoisotopic (exact) mass is 618 g/mol. The Hall–Kier alpha value is -4.37. The molecule has 2 fully saturated rings. The molecule has 3 aromatic heterocycles. The van der Waals surface area contributed by atoms with E-state index >= 15 is 0 Å².